The van der Waals surface area contributed by atoms with E-state index >= 15 is 0 Å². The summed E-state index contributed by atoms with van der Waals surface area (Å²) < 4.78 is 89.2. The molecule has 17 heteroatoms. The number of anilines is 2. The summed E-state index contributed by atoms with van der Waals surface area (Å²) in [5.74, 6) is -0.0735. The SMILES string of the molecule is COCC(CO[C@H]1CCN(C2CCN(c3ncc(C(F)(F)F)cn3)CC2)C1=O)Nc1cn[nH]c(=O)c1C(F)(F)F. The lowest BCUT2D eigenvalue weighted by Crippen LogP contribution is -2.47. The number of nitrogens with zero attached hydrogens (tertiary/aromatic N) is 5. The van der Waals surface area contributed by atoms with E-state index in [1.807, 2.05) is 0 Å². The number of aromatic amines is 1. The van der Waals surface area contributed by atoms with Crippen molar-refractivity contribution < 1.29 is 40.6 Å². The molecule has 2 saturated heterocycles. The fraction of sp³-hybridized carbons (Fsp3) is 0.609. The summed E-state index contributed by atoms with van der Waals surface area (Å²) in [5.41, 5.74) is -4.30. The number of amides is 1. The maximum Gasteiger partial charge on any atom is 0.423 e. The van der Waals surface area contributed by atoms with Crippen molar-refractivity contribution >= 4 is 17.5 Å². The smallest absolute Gasteiger partial charge is 0.382 e. The number of nitrogens with one attached hydrogen (secondary N) is 2. The number of likely N-dealkylation sites (tertiary alicyclic amines) is 1. The average Bonchev–Trinajstić information content (AvgIpc) is 3.26. The number of H-pyrrole nitrogens is 1. The molecule has 2 aromatic heterocycles. The molecule has 2 atom stereocenters. The summed E-state index contributed by atoms with van der Waals surface area (Å²) in [5, 5.41) is 7.77. The van der Waals surface area contributed by atoms with E-state index in [0.717, 1.165) is 18.6 Å². The normalized spacial score (nSPS) is 19.8. The van der Waals surface area contributed by atoms with E-state index < -0.39 is 46.9 Å². The first kappa shape index (κ1) is 29.5. The van der Waals surface area contributed by atoms with Gasteiger partial charge in [-0.05, 0) is 12.8 Å². The van der Waals surface area contributed by atoms with Crippen LogP contribution in [-0.2, 0) is 26.6 Å². The van der Waals surface area contributed by atoms with Crippen LogP contribution in [0.25, 0.3) is 0 Å². The van der Waals surface area contributed by atoms with Crippen LogP contribution in [0.3, 0.4) is 0 Å². The van der Waals surface area contributed by atoms with Crippen LogP contribution in [0.2, 0.25) is 0 Å². The number of ether oxygens (including phenoxy) is 2. The number of carbonyl (C=O) groups is 1. The van der Waals surface area contributed by atoms with Crippen LogP contribution in [-0.4, -0.2) is 89.1 Å². The lowest BCUT2D eigenvalue weighted by molar-refractivity contribution is -0.140. The summed E-state index contributed by atoms with van der Waals surface area (Å²) >= 11 is 0. The minimum absolute atomic E-state index is 0.0702. The van der Waals surface area contributed by atoms with Gasteiger partial charge >= 0.3 is 12.4 Å². The number of methoxy groups -OCH3 is 1. The van der Waals surface area contributed by atoms with Gasteiger partial charge in [0.25, 0.3) is 11.5 Å². The zero-order chi connectivity index (χ0) is 29.1. The largest absolute Gasteiger partial charge is 0.423 e. The van der Waals surface area contributed by atoms with E-state index in [0.29, 0.717) is 38.9 Å². The minimum Gasteiger partial charge on any atom is -0.382 e. The van der Waals surface area contributed by atoms with E-state index in [1.165, 1.54) is 7.11 Å². The highest BCUT2D eigenvalue weighted by atomic mass is 19.4. The fourth-order valence-electron chi connectivity index (χ4n) is 4.77. The molecule has 4 heterocycles. The molecule has 4 rings (SSSR count). The van der Waals surface area contributed by atoms with Gasteiger partial charge < -0.3 is 24.6 Å². The van der Waals surface area contributed by atoms with Gasteiger partial charge in [-0.2, -0.15) is 31.4 Å². The Bertz CT molecular complexity index is 1220. The molecule has 1 unspecified atom stereocenters. The number of alkyl halides is 6. The van der Waals surface area contributed by atoms with Gasteiger partial charge in [0, 0.05) is 51.6 Å². The van der Waals surface area contributed by atoms with Crippen molar-refractivity contribution in [1.29, 1.82) is 0 Å². The van der Waals surface area contributed by atoms with Gasteiger partial charge in [0.15, 0.2) is 0 Å². The molecule has 2 aromatic rings. The van der Waals surface area contributed by atoms with Crippen LogP contribution in [0.4, 0.5) is 38.0 Å². The standard InChI is InChI=1S/C23H27F6N7O4/c1-39-11-14(33-16-10-32-34-19(37)18(16)23(27,28)29)12-40-17-4-7-36(20(17)38)15-2-5-35(6-3-15)21-30-8-13(9-31-21)22(24,25)26/h8-10,14-15,17H,2-7,11-12H2,1H3,(H2,33,34,37)/t14?,17-/m0/s1. The van der Waals surface area contributed by atoms with Crippen LogP contribution in [0.1, 0.15) is 30.4 Å². The van der Waals surface area contributed by atoms with Gasteiger partial charge in [-0.25, -0.2) is 15.1 Å². The average molecular weight is 580 g/mol. The monoisotopic (exact) mass is 579 g/mol. The highest BCUT2D eigenvalue weighted by Crippen LogP contribution is 2.32. The number of halogens is 6. The Balaban J connectivity index is 1.31. The van der Waals surface area contributed by atoms with Crippen molar-refractivity contribution in [3.8, 4) is 0 Å². The number of hydrogen-bond donors (Lipinski definition) is 2. The molecule has 1 amide bonds. The summed E-state index contributed by atoms with van der Waals surface area (Å²) in [6, 6.07) is -0.931. The Kier molecular flexibility index (Phi) is 8.82. The van der Waals surface area contributed by atoms with Gasteiger partial charge in [-0.1, -0.05) is 0 Å². The van der Waals surface area contributed by atoms with E-state index in [1.54, 1.807) is 14.9 Å². The first-order valence-electron chi connectivity index (χ1n) is 12.3. The molecule has 40 heavy (non-hydrogen) atoms. The van der Waals surface area contributed by atoms with Crippen LogP contribution in [0, 0.1) is 0 Å². The minimum atomic E-state index is -4.92. The quantitative estimate of drug-likeness (QED) is 0.431. The zero-order valence-electron chi connectivity index (χ0n) is 21.3. The molecule has 0 spiro atoms. The lowest BCUT2D eigenvalue weighted by atomic mass is 10.0. The molecule has 11 nitrogen and oxygen atoms in total. The summed E-state index contributed by atoms with van der Waals surface area (Å²) in [6.45, 7) is 1.06. The molecular formula is C23H27F6N7O4. The maximum atomic E-state index is 13.4. The number of piperidine rings is 1. The second-order valence-corrected chi connectivity index (χ2v) is 9.41. The van der Waals surface area contributed by atoms with Gasteiger partial charge in [-0.3, -0.25) is 9.59 Å². The molecule has 2 N–H and O–H groups in total. The molecule has 220 valence electrons. The molecule has 0 bridgehead atoms. The van der Waals surface area contributed by atoms with Crippen molar-refractivity contribution in [2.24, 2.45) is 0 Å². The fourth-order valence-corrected chi connectivity index (χ4v) is 4.77. The third-order valence-electron chi connectivity index (χ3n) is 6.71. The number of hydrogen-bond acceptors (Lipinski definition) is 9. The number of aromatic nitrogens is 4. The Labute approximate surface area is 223 Å². The van der Waals surface area contributed by atoms with Crippen LogP contribution in [0.15, 0.2) is 23.4 Å². The van der Waals surface area contributed by atoms with Crippen molar-refractivity contribution in [2.45, 2.75) is 49.8 Å². The highest BCUT2D eigenvalue weighted by Gasteiger charge is 2.40. The van der Waals surface area contributed by atoms with Crippen molar-refractivity contribution in [1.82, 2.24) is 25.1 Å². The van der Waals surface area contributed by atoms with E-state index in [9.17, 15) is 35.9 Å². The van der Waals surface area contributed by atoms with Crippen LogP contribution in [0.5, 0.6) is 0 Å². The second-order valence-electron chi connectivity index (χ2n) is 9.41. The van der Waals surface area contributed by atoms with Crippen LogP contribution >= 0.6 is 0 Å². The molecule has 2 aliphatic heterocycles. The van der Waals surface area contributed by atoms with E-state index in [-0.39, 0.29) is 31.1 Å². The van der Waals surface area contributed by atoms with Crippen molar-refractivity contribution in [3.05, 3.63) is 40.1 Å². The molecule has 0 saturated carbocycles. The summed E-state index contributed by atoms with van der Waals surface area (Å²) in [6.07, 6.45) is -6.46. The number of rotatable bonds is 9. The Morgan fingerprint density at radius 1 is 1.00 bits per heavy atom. The first-order valence-corrected chi connectivity index (χ1v) is 12.3. The molecule has 2 aliphatic rings. The zero-order valence-corrected chi connectivity index (χ0v) is 21.3. The van der Waals surface area contributed by atoms with E-state index in [4.69, 9.17) is 9.47 Å². The Morgan fingerprint density at radius 3 is 2.27 bits per heavy atom. The molecule has 2 fully saturated rings. The highest BCUT2D eigenvalue weighted by molar-refractivity contribution is 5.83. The van der Waals surface area contributed by atoms with Crippen LogP contribution < -0.4 is 15.8 Å². The molecule has 0 aromatic carbocycles. The predicted molar refractivity (Wildman–Crippen MR) is 127 cm³/mol. The molecule has 0 radical (unpaired) electrons. The Morgan fingerprint density at radius 2 is 1.68 bits per heavy atom. The van der Waals surface area contributed by atoms with E-state index in [2.05, 4.69) is 20.4 Å². The Hall–Kier alpha value is -3.47. The van der Waals surface area contributed by atoms with Gasteiger partial charge in [-0.15, -0.1) is 0 Å². The van der Waals surface area contributed by atoms with Crippen molar-refractivity contribution in [2.75, 3.05) is 50.2 Å². The van der Waals surface area contributed by atoms with Gasteiger partial charge in [0.2, 0.25) is 5.95 Å². The molecule has 0 aliphatic carbocycles. The summed E-state index contributed by atoms with van der Waals surface area (Å²) in [7, 11) is 1.35. The second kappa shape index (κ2) is 12.0. The van der Waals surface area contributed by atoms with Gasteiger partial charge in [0.1, 0.15) is 11.7 Å². The first-order chi connectivity index (χ1) is 18.9. The third kappa shape index (κ3) is 6.80. The number of carbonyl (C=O) groups excluding carboxylic acids is 1. The van der Waals surface area contributed by atoms with Crippen molar-refractivity contribution in [3.63, 3.8) is 0 Å². The summed E-state index contributed by atoms with van der Waals surface area (Å²) in [4.78, 5) is 35.9. The maximum absolute atomic E-state index is 13.4. The van der Waals surface area contributed by atoms with Gasteiger partial charge in [0.05, 0.1) is 36.7 Å². The third-order valence-corrected chi connectivity index (χ3v) is 6.71. The lowest BCUT2D eigenvalue weighted by Gasteiger charge is -2.36. The predicted octanol–water partition coefficient (Wildman–Crippen LogP) is 2.31. The topological polar surface area (TPSA) is 126 Å². The molecular weight excluding hydrogens is 552 g/mol.